The van der Waals surface area contributed by atoms with Crippen molar-refractivity contribution in [3.63, 3.8) is 0 Å². The van der Waals surface area contributed by atoms with Crippen molar-refractivity contribution in [1.29, 1.82) is 0 Å². The van der Waals surface area contributed by atoms with Crippen molar-refractivity contribution in [2.45, 2.75) is 19.4 Å². The van der Waals surface area contributed by atoms with Crippen LogP contribution in [-0.4, -0.2) is 17.3 Å². The van der Waals surface area contributed by atoms with E-state index >= 15 is 0 Å². The van der Waals surface area contributed by atoms with Crippen LogP contribution < -0.4 is 5.48 Å². The van der Waals surface area contributed by atoms with E-state index in [-0.39, 0.29) is 6.54 Å². The fraction of sp³-hybridized carbons (Fsp3) is 1.00. The van der Waals surface area contributed by atoms with Gasteiger partial charge in [-0.25, -0.2) is 0 Å². The maximum atomic E-state index is 9.66. The van der Waals surface area contributed by atoms with E-state index in [0.29, 0.717) is 5.48 Å². The molecule has 0 aliphatic heterocycles. The number of hydrogen-bond donors (Lipinski definition) is 2. The number of nitrogens with two attached hydrogens (primary N) is 1. The molecule has 0 aliphatic rings. The molecule has 0 saturated carbocycles. The van der Waals surface area contributed by atoms with Gasteiger partial charge in [0.2, 0.25) is 0 Å². The molecule has 0 spiro atoms. The molecule has 0 heterocycles. The van der Waals surface area contributed by atoms with Gasteiger partial charge < -0.3 is 15.8 Å². The monoisotopic (exact) mass is 105 g/mol. The van der Waals surface area contributed by atoms with Crippen LogP contribution in [-0.2, 0) is 0 Å². The summed E-state index contributed by atoms with van der Waals surface area (Å²) in [6.07, 6.45) is 0. The Labute approximate surface area is 42.9 Å². The summed E-state index contributed by atoms with van der Waals surface area (Å²) in [4.78, 5) is 0. The lowest BCUT2D eigenvalue weighted by Crippen LogP contribution is -2.81. The highest BCUT2D eigenvalue weighted by atomic mass is 16.5. The summed E-state index contributed by atoms with van der Waals surface area (Å²) in [6, 6.07) is 0. The van der Waals surface area contributed by atoms with Crippen LogP contribution in [0.1, 0.15) is 13.8 Å². The number of hydroxylamine groups is 1. The smallest absolute Gasteiger partial charge is 0.108 e. The third-order valence-corrected chi connectivity index (χ3v) is 0.583. The van der Waals surface area contributed by atoms with Gasteiger partial charge in [-0.05, 0) is 13.8 Å². The minimum atomic E-state index is -0.818. The first-order valence-electron chi connectivity index (χ1n) is 2.22. The van der Waals surface area contributed by atoms with E-state index in [4.69, 9.17) is 5.11 Å². The molecule has 3 heteroatoms. The zero-order chi connectivity index (χ0) is 5.91. The first kappa shape index (κ1) is 6.88. The fourth-order valence-electron chi connectivity index (χ4n) is 0.204. The van der Waals surface area contributed by atoms with Gasteiger partial charge in [0.25, 0.3) is 0 Å². The molecule has 0 atom stereocenters. The quantitative estimate of drug-likeness (QED) is 0.434. The normalized spacial score (nSPS) is 12.0. The van der Waals surface area contributed by atoms with Gasteiger partial charge in [0.15, 0.2) is 0 Å². The van der Waals surface area contributed by atoms with Crippen LogP contribution in [0, 0.1) is 5.21 Å². The molecule has 0 saturated heterocycles. The molecule has 0 aromatic rings. The number of hydrogen-bond acceptors (Lipinski definition) is 2. The van der Waals surface area contributed by atoms with Gasteiger partial charge in [-0.3, -0.25) is 0 Å². The Kier molecular flexibility index (Phi) is 2.22. The molecule has 0 aromatic carbocycles. The SMILES string of the molecule is CC(C)(O)C[NH2+][O-]. The van der Waals surface area contributed by atoms with Crippen molar-refractivity contribution in [3.05, 3.63) is 5.21 Å². The first-order valence-corrected chi connectivity index (χ1v) is 2.22. The van der Waals surface area contributed by atoms with Gasteiger partial charge >= 0.3 is 0 Å². The molecule has 0 aromatic heterocycles. The highest BCUT2D eigenvalue weighted by Crippen LogP contribution is 1.92. The van der Waals surface area contributed by atoms with Crippen molar-refractivity contribution in [3.8, 4) is 0 Å². The molecule has 0 radical (unpaired) electrons. The molecular formula is C4H11NO2. The number of aliphatic hydroxyl groups is 1. The molecule has 3 nitrogen and oxygen atoms in total. The summed E-state index contributed by atoms with van der Waals surface area (Å²) >= 11 is 0. The minimum Gasteiger partial charge on any atom is -0.636 e. The fourth-order valence-corrected chi connectivity index (χ4v) is 0.204. The highest BCUT2D eigenvalue weighted by Gasteiger charge is 2.10. The summed E-state index contributed by atoms with van der Waals surface area (Å²) in [5.41, 5.74) is -0.109. The summed E-state index contributed by atoms with van der Waals surface area (Å²) in [6.45, 7) is 3.41. The van der Waals surface area contributed by atoms with E-state index in [1.165, 1.54) is 0 Å². The van der Waals surface area contributed by atoms with Crippen LogP contribution in [0.3, 0.4) is 0 Å². The van der Waals surface area contributed by atoms with Crippen molar-refractivity contribution in [2.75, 3.05) is 6.54 Å². The lowest BCUT2D eigenvalue weighted by molar-refractivity contribution is -0.602. The number of quaternary nitrogens is 1. The lowest BCUT2D eigenvalue weighted by Gasteiger charge is -2.15. The van der Waals surface area contributed by atoms with Gasteiger partial charge in [0, 0.05) is 0 Å². The maximum Gasteiger partial charge on any atom is 0.108 e. The van der Waals surface area contributed by atoms with Crippen LogP contribution >= 0.6 is 0 Å². The van der Waals surface area contributed by atoms with Gasteiger partial charge in [0.05, 0.1) is 0 Å². The zero-order valence-electron chi connectivity index (χ0n) is 4.64. The molecule has 44 valence electrons. The van der Waals surface area contributed by atoms with Gasteiger partial charge in [0.1, 0.15) is 12.1 Å². The highest BCUT2D eigenvalue weighted by molar-refractivity contribution is 4.59. The van der Waals surface area contributed by atoms with E-state index < -0.39 is 5.60 Å². The molecule has 0 aliphatic carbocycles. The predicted molar refractivity (Wildman–Crippen MR) is 26.5 cm³/mol. The Bertz CT molecular complexity index is 48.1. The topological polar surface area (TPSA) is 59.9 Å². The summed E-state index contributed by atoms with van der Waals surface area (Å²) in [7, 11) is 0. The molecule has 0 amide bonds. The molecule has 7 heavy (non-hydrogen) atoms. The van der Waals surface area contributed by atoms with Gasteiger partial charge in [-0.2, -0.15) is 0 Å². The molecule has 0 bridgehead atoms. The van der Waals surface area contributed by atoms with Gasteiger partial charge in [-0.1, -0.05) is 0 Å². The van der Waals surface area contributed by atoms with E-state index in [9.17, 15) is 5.21 Å². The van der Waals surface area contributed by atoms with Crippen LogP contribution in [0.5, 0.6) is 0 Å². The molecular weight excluding hydrogens is 94.0 g/mol. The largest absolute Gasteiger partial charge is 0.636 e. The van der Waals surface area contributed by atoms with Gasteiger partial charge in [-0.15, -0.1) is 0 Å². The van der Waals surface area contributed by atoms with Crippen molar-refractivity contribution >= 4 is 0 Å². The van der Waals surface area contributed by atoms with Crippen molar-refractivity contribution < 1.29 is 10.6 Å². The summed E-state index contributed by atoms with van der Waals surface area (Å²) < 4.78 is 0. The summed E-state index contributed by atoms with van der Waals surface area (Å²) in [5.74, 6) is 0. The Hall–Kier alpha value is -0.120. The molecule has 3 N–H and O–H groups in total. The second kappa shape index (κ2) is 2.26. The van der Waals surface area contributed by atoms with E-state index in [2.05, 4.69) is 0 Å². The van der Waals surface area contributed by atoms with Crippen LogP contribution in [0.15, 0.2) is 0 Å². The Morgan fingerprint density at radius 3 is 2.14 bits per heavy atom. The third kappa shape index (κ3) is 5.88. The second-order valence-corrected chi connectivity index (χ2v) is 2.18. The van der Waals surface area contributed by atoms with Crippen molar-refractivity contribution in [2.24, 2.45) is 0 Å². The maximum absolute atomic E-state index is 9.66. The Morgan fingerprint density at radius 2 is 2.14 bits per heavy atom. The third-order valence-electron chi connectivity index (χ3n) is 0.583. The van der Waals surface area contributed by atoms with E-state index in [1.54, 1.807) is 13.8 Å². The predicted octanol–water partition coefficient (Wildman–Crippen LogP) is -1.18. The second-order valence-electron chi connectivity index (χ2n) is 2.18. The molecule has 0 rings (SSSR count). The van der Waals surface area contributed by atoms with Crippen LogP contribution in [0.2, 0.25) is 0 Å². The Morgan fingerprint density at radius 1 is 1.71 bits per heavy atom. The molecule has 0 fully saturated rings. The minimum absolute atomic E-state index is 0.215. The molecule has 0 unspecified atom stereocenters. The van der Waals surface area contributed by atoms with Crippen molar-refractivity contribution in [1.82, 2.24) is 0 Å². The Balaban J connectivity index is 3.15. The lowest BCUT2D eigenvalue weighted by atomic mass is 10.1. The average Bonchev–Trinajstić information content (AvgIpc) is 1.30. The van der Waals surface area contributed by atoms with Crippen LogP contribution in [0.25, 0.3) is 0 Å². The average molecular weight is 105 g/mol. The zero-order valence-corrected chi connectivity index (χ0v) is 4.64. The number of rotatable bonds is 2. The van der Waals surface area contributed by atoms with Crippen LogP contribution in [0.4, 0.5) is 0 Å². The first-order chi connectivity index (χ1) is 3.06. The van der Waals surface area contributed by atoms with E-state index in [0.717, 1.165) is 0 Å². The summed E-state index contributed by atoms with van der Waals surface area (Å²) in [5, 5.41) is 18.4. The standard InChI is InChI=1S/C4H11NO2/c1-4(2,6)3-5-7/h6H,3,5H2,1-2H3. The van der Waals surface area contributed by atoms with E-state index in [1.807, 2.05) is 0 Å².